The summed E-state index contributed by atoms with van der Waals surface area (Å²) >= 11 is 6.15. The molecule has 2 aromatic rings. The molecule has 0 unspecified atom stereocenters. The predicted molar refractivity (Wildman–Crippen MR) is 87.2 cm³/mol. The normalized spacial score (nSPS) is 22.1. The lowest BCUT2D eigenvalue weighted by Crippen LogP contribution is -2.37. The second kappa shape index (κ2) is 6.20. The van der Waals surface area contributed by atoms with E-state index in [1.807, 2.05) is 30.1 Å². The summed E-state index contributed by atoms with van der Waals surface area (Å²) in [6.07, 6.45) is 0.785. The van der Waals surface area contributed by atoms with Crippen molar-refractivity contribution in [3.8, 4) is 0 Å². The van der Waals surface area contributed by atoms with Gasteiger partial charge in [-0.25, -0.2) is 4.98 Å². The van der Waals surface area contributed by atoms with E-state index >= 15 is 0 Å². The molecular weight excluding hydrogens is 302 g/mol. The molecule has 1 aromatic heterocycles. The van der Waals surface area contributed by atoms with Crippen LogP contribution in [0.15, 0.2) is 30.3 Å². The lowest BCUT2D eigenvalue weighted by Gasteiger charge is -2.18. The fraction of sp³-hybridized carbons (Fsp3) is 0.375. The van der Waals surface area contributed by atoms with Crippen LogP contribution in [0.1, 0.15) is 6.42 Å². The first-order valence-corrected chi connectivity index (χ1v) is 7.55. The zero-order chi connectivity index (χ0) is 15.7. The van der Waals surface area contributed by atoms with Crippen LogP contribution in [0.3, 0.4) is 0 Å². The van der Waals surface area contributed by atoms with E-state index < -0.39 is 0 Å². The molecule has 1 N–H and O–H groups in total. The number of benzene rings is 1. The number of halogens is 1. The van der Waals surface area contributed by atoms with Crippen molar-refractivity contribution in [3.05, 3.63) is 35.4 Å². The molecule has 6 heteroatoms. The number of para-hydroxylation sites is 1. The van der Waals surface area contributed by atoms with E-state index in [0.717, 1.165) is 11.9 Å². The lowest BCUT2D eigenvalue weighted by molar-refractivity contribution is -0.120. The van der Waals surface area contributed by atoms with Gasteiger partial charge in [0.2, 0.25) is 5.91 Å². The second-order valence-corrected chi connectivity index (χ2v) is 5.95. The molecule has 116 valence electrons. The Morgan fingerprint density at radius 3 is 2.95 bits per heavy atom. The smallest absolute Gasteiger partial charge is 0.242 e. The number of nitrogens with zero attached hydrogens (tertiary/aromatic N) is 2. The summed E-state index contributed by atoms with van der Waals surface area (Å²) in [6, 6.07) is 9.10. The van der Waals surface area contributed by atoms with Crippen LogP contribution in [0.5, 0.6) is 0 Å². The van der Waals surface area contributed by atoms with Crippen molar-refractivity contribution in [1.29, 1.82) is 0 Å². The van der Waals surface area contributed by atoms with Crippen molar-refractivity contribution in [2.24, 2.45) is 0 Å². The Morgan fingerprint density at radius 1 is 1.41 bits per heavy atom. The molecule has 0 aliphatic carbocycles. The highest BCUT2D eigenvalue weighted by Gasteiger charge is 2.34. The maximum atomic E-state index is 12.4. The van der Waals surface area contributed by atoms with Gasteiger partial charge in [-0.2, -0.15) is 0 Å². The van der Waals surface area contributed by atoms with E-state index in [-0.39, 0.29) is 18.1 Å². The average Bonchev–Trinajstić information content (AvgIpc) is 2.89. The fourth-order valence-corrected chi connectivity index (χ4v) is 3.04. The van der Waals surface area contributed by atoms with E-state index in [1.54, 1.807) is 19.2 Å². The van der Waals surface area contributed by atoms with Crippen LogP contribution in [0.4, 0.5) is 5.82 Å². The fourth-order valence-electron chi connectivity index (χ4n) is 2.82. The highest BCUT2D eigenvalue weighted by Crippen LogP contribution is 2.24. The molecule has 0 saturated carbocycles. The first-order chi connectivity index (χ1) is 10.6. The molecule has 1 fully saturated rings. The number of aromatic nitrogens is 1. The number of likely N-dealkylation sites (tertiary alicyclic amines) is 1. The molecule has 5 nitrogen and oxygen atoms in total. The summed E-state index contributed by atoms with van der Waals surface area (Å²) in [5.41, 5.74) is 0.691. The number of hydrogen-bond acceptors (Lipinski definition) is 4. The van der Waals surface area contributed by atoms with Gasteiger partial charge < -0.3 is 10.1 Å². The molecule has 2 atom stereocenters. The molecule has 1 saturated heterocycles. The summed E-state index contributed by atoms with van der Waals surface area (Å²) in [5, 5.41) is 4.39. The van der Waals surface area contributed by atoms with E-state index in [0.29, 0.717) is 22.8 Å². The topological polar surface area (TPSA) is 54.5 Å². The van der Waals surface area contributed by atoms with Crippen molar-refractivity contribution in [1.82, 2.24) is 9.88 Å². The number of carbonyl (C=O) groups is 1. The van der Waals surface area contributed by atoms with Crippen LogP contribution >= 0.6 is 11.6 Å². The van der Waals surface area contributed by atoms with Crippen molar-refractivity contribution in [2.75, 3.05) is 26.0 Å². The van der Waals surface area contributed by atoms with Crippen LogP contribution in [-0.4, -0.2) is 48.6 Å². The van der Waals surface area contributed by atoms with Crippen LogP contribution < -0.4 is 5.32 Å². The minimum Gasteiger partial charge on any atom is -0.380 e. The van der Waals surface area contributed by atoms with Crippen LogP contribution in [0.2, 0.25) is 5.02 Å². The van der Waals surface area contributed by atoms with Gasteiger partial charge >= 0.3 is 0 Å². The first kappa shape index (κ1) is 15.2. The number of methoxy groups -OCH3 is 1. The Labute approximate surface area is 134 Å². The largest absolute Gasteiger partial charge is 0.380 e. The van der Waals surface area contributed by atoms with E-state index in [2.05, 4.69) is 10.3 Å². The van der Waals surface area contributed by atoms with Crippen LogP contribution in [0, 0.1) is 0 Å². The maximum absolute atomic E-state index is 12.4. The molecule has 1 aromatic carbocycles. The van der Waals surface area contributed by atoms with Gasteiger partial charge in [0.05, 0.1) is 22.7 Å². The molecule has 3 rings (SSSR count). The van der Waals surface area contributed by atoms with Gasteiger partial charge in [0.15, 0.2) is 0 Å². The highest BCUT2D eigenvalue weighted by molar-refractivity contribution is 6.35. The second-order valence-electron chi connectivity index (χ2n) is 5.55. The van der Waals surface area contributed by atoms with Crippen LogP contribution in [-0.2, 0) is 9.53 Å². The van der Waals surface area contributed by atoms with Crippen molar-refractivity contribution in [3.63, 3.8) is 0 Å². The number of fused-ring (bicyclic) bond motifs is 1. The Bertz CT molecular complexity index is 707. The monoisotopic (exact) mass is 319 g/mol. The Morgan fingerprint density at radius 2 is 2.23 bits per heavy atom. The number of carbonyl (C=O) groups excluding carboxylic acids is 1. The molecule has 1 amide bonds. The minimum absolute atomic E-state index is 0.0686. The van der Waals surface area contributed by atoms with Crippen molar-refractivity contribution < 1.29 is 9.53 Å². The van der Waals surface area contributed by atoms with Crippen molar-refractivity contribution >= 4 is 34.2 Å². The average molecular weight is 320 g/mol. The van der Waals surface area contributed by atoms with Crippen LogP contribution in [0.25, 0.3) is 10.9 Å². The number of anilines is 1. The molecule has 2 heterocycles. The molecule has 1 aliphatic rings. The Balaban J connectivity index is 1.78. The summed E-state index contributed by atoms with van der Waals surface area (Å²) in [5.74, 6) is 0.445. The molecule has 1 aliphatic heterocycles. The molecule has 22 heavy (non-hydrogen) atoms. The van der Waals surface area contributed by atoms with Gasteiger partial charge in [0.1, 0.15) is 5.82 Å². The third kappa shape index (κ3) is 2.92. The Hall–Kier alpha value is -1.69. The molecule has 0 spiro atoms. The van der Waals surface area contributed by atoms with Gasteiger partial charge in [-0.1, -0.05) is 23.7 Å². The number of ether oxygens (including phenoxy) is 1. The molecular formula is C16H18ClN3O2. The van der Waals surface area contributed by atoms with E-state index in [9.17, 15) is 4.79 Å². The quantitative estimate of drug-likeness (QED) is 0.944. The number of amides is 1. The number of nitrogens with one attached hydrogen (secondary N) is 1. The van der Waals surface area contributed by atoms with Gasteiger partial charge in [0.25, 0.3) is 0 Å². The van der Waals surface area contributed by atoms with E-state index in [4.69, 9.17) is 16.3 Å². The molecule has 0 radical (unpaired) electrons. The molecule has 0 bridgehead atoms. The maximum Gasteiger partial charge on any atom is 0.242 e. The third-order valence-electron chi connectivity index (χ3n) is 4.07. The van der Waals surface area contributed by atoms with Gasteiger partial charge in [-0.15, -0.1) is 0 Å². The van der Waals surface area contributed by atoms with E-state index in [1.165, 1.54) is 0 Å². The standard InChI is InChI=1S/C16H18ClN3O2/c1-20-9-11(22-2)8-13(20)16(21)19-14-7-6-10-4-3-5-12(17)15(10)18-14/h3-7,11,13H,8-9H2,1-2H3,(H,18,19,21)/t11-,13-/m0/s1. The minimum atomic E-state index is -0.200. The number of likely N-dealkylation sites (N-methyl/N-ethyl adjacent to an activating group) is 1. The van der Waals surface area contributed by atoms with Gasteiger partial charge in [0, 0.05) is 19.0 Å². The number of rotatable bonds is 3. The number of hydrogen-bond donors (Lipinski definition) is 1. The summed E-state index contributed by atoms with van der Waals surface area (Å²) in [6.45, 7) is 0.756. The Kier molecular flexibility index (Phi) is 4.29. The predicted octanol–water partition coefficient (Wildman–Crippen LogP) is 2.55. The SMILES string of the molecule is CO[C@H]1C[C@@H](C(=O)Nc2ccc3cccc(Cl)c3n2)N(C)C1. The summed E-state index contributed by atoms with van der Waals surface area (Å²) in [7, 11) is 3.60. The highest BCUT2D eigenvalue weighted by atomic mass is 35.5. The first-order valence-electron chi connectivity index (χ1n) is 7.17. The number of pyridine rings is 1. The summed E-state index contributed by atoms with van der Waals surface area (Å²) in [4.78, 5) is 18.9. The zero-order valence-electron chi connectivity index (χ0n) is 12.5. The zero-order valence-corrected chi connectivity index (χ0v) is 13.3. The van der Waals surface area contributed by atoms with Gasteiger partial charge in [-0.05, 0) is 31.7 Å². The summed E-state index contributed by atoms with van der Waals surface area (Å²) < 4.78 is 5.33. The van der Waals surface area contributed by atoms with Gasteiger partial charge in [-0.3, -0.25) is 9.69 Å². The third-order valence-corrected chi connectivity index (χ3v) is 4.37. The lowest BCUT2D eigenvalue weighted by atomic mass is 10.2. The van der Waals surface area contributed by atoms with Crippen molar-refractivity contribution in [2.45, 2.75) is 18.6 Å².